The van der Waals surface area contributed by atoms with Crippen molar-refractivity contribution in [3.05, 3.63) is 30.3 Å². The van der Waals surface area contributed by atoms with Crippen molar-refractivity contribution in [2.75, 3.05) is 5.32 Å². The normalized spacial score (nSPS) is 20.2. The van der Waals surface area contributed by atoms with Crippen molar-refractivity contribution in [2.24, 2.45) is 16.9 Å². The molecule has 0 saturated heterocycles. The molecule has 0 bridgehead atoms. The lowest BCUT2D eigenvalue weighted by atomic mass is 9.89. The summed E-state index contributed by atoms with van der Waals surface area (Å²) in [5.74, 6) is -1.51. The highest BCUT2D eigenvalue weighted by atomic mass is 16.5. The van der Waals surface area contributed by atoms with Crippen LogP contribution >= 0.6 is 0 Å². The first kappa shape index (κ1) is 20.0. The molecule has 3 N–H and O–H groups in total. The highest BCUT2D eigenvalue weighted by Crippen LogP contribution is 2.33. The van der Waals surface area contributed by atoms with Crippen LogP contribution in [0.4, 0.5) is 5.69 Å². The van der Waals surface area contributed by atoms with Gasteiger partial charge in [0, 0.05) is 30.7 Å². The molecule has 0 radical (unpaired) electrons. The number of carbonyl (C=O) groups is 3. The van der Waals surface area contributed by atoms with Crippen LogP contribution in [0.2, 0.25) is 0 Å². The van der Waals surface area contributed by atoms with Crippen LogP contribution in [0.3, 0.4) is 0 Å². The summed E-state index contributed by atoms with van der Waals surface area (Å²) in [6.07, 6.45) is 6.63. The molecule has 2 atom stereocenters. The number of anilines is 1. The largest absolute Gasteiger partial charge is 0.324 e. The molecule has 1 aliphatic heterocycles. The fraction of sp³-hybridized carbons (Fsp3) is 0.500. The van der Waals surface area contributed by atoms with Crippen molar-refractivity contribution in [3.63, 3.8) is 0 Å². The Morgan fingerprint density at radius 3 is 2.57 bits per heavy atom. The van der Waals surface area contributed by atoms with Gasteiger partial charge in [0.1, 0.15) is 6.04 Å². The lowest BCUT2D eigenvalue weighted by Crippen LogP contribution is -2.45. The fourth-order valence-electron chi connectivity index (χ4n) is 3.97. The molecule has 28 heavy (non-hydrogen) atoms. The second-order valence-electron chi connectivity index (χ2n) is 7.41. The number of hydrazone groups is 1. The van der Waals surface area contributed by atoms with Crippen LogP contribution in [0.5, 0.6) is 0 Å². The molecule has 1 aromatic carbocycles. The molecule has 150 valence electrons. The van der Waals surface area contributed by atoms with E-state index in [1.165, 1.54) is 5.01 Å². The number of nitrogens with zero attached hydrogens (tertiary/aromatic N) is 2. The minimum absolute atomic E-state index is 0.120. The molecule has 8 nitrogen and oxygen atoms in total. The summed E-state index contributed by atoms with van der Waals surface area (Å²) in [5.41, 5.74) is 2.25. The summed E-state index contributed by atoms with van der Waals surface area (Å²) in [7, 11) is 0. The summed E-state index contributed by atoms with van der Waals surface area (Å²) in [6, 6.07) is 8.28. The summed E-state index contributed by atoms with van der Waals surface area (Å²) in [4.78, 5) is 37.5. The monoisotopic (exact) mass is 386 g/mol. The number of hydrogen-bond acceptors (Lipinski definition) is 5. The molecule has 8 heteroatoms. The number of benzene rings is 1. The van der Waals surface area contributed by atoms with Crippen molar-refractivity contribution < 1.29 is 19.6 Å². The Kier molecular flexibility index (Phi) is 6.76. The van der Waals surface area contributed by atoms with Crippen molar-refractivity contribution in [1.82, 2.24) is 10.5 Å². The van der Waals surface area contributed by atoms with Gasteiger partial charge in [-0.15, -0.1) is 0 Å². The molecule has 0 aromatic heterocycles. The molecule has 1 saturated carbocycles. The third-order valence-corrected chi connectivity index (χ3v) is 5.40. The highest BCUT2D eigenvalue weighted by molar-refractivity contribution is 6.00. The van der Waals surface area contributed by atoms with Gasteiger partial charge < -0.3 is 5.32 Å². The van der Waals surface area contributed by atoms with Gasteiger partial charge in [0.2, 0.25) is 17.7 Å². The molecule has 2 aliphatic rings. The number of hydroxylamine groups is 1. The van der Waals surface area contributed by atoms with Crippen LogP contribution in [0.1, 0.15) is 44.9 Å². The van der Waals surface area contributed by atoms with Gasteiger partial charge >= 0.3 is 0 Å². The van der Waals surface area contributed by atoms with E-state index >= 15 is 0 Å². The Bertz CT molecular complexity index is 731. The summed E-state index contributed by atoms with van der Waals surface area (Å²) in [5, 5.41) is 17.0. The van der Waals surface area contributed by atoms with Crippen molar-refractivity contribution >= 4 is 29.6 Å². The Morgan fingerprint density at radius 2 is 1.89 bits per heavy atom. The van der Waals surface area contributed by atoms with Crippen LogP contribution in [0, 0.1) is 11.8 Å². The molecule has 1 aromatic rings. The van der Waals surface area contributed by atoms with Gasteiger partial charge in [0.25, 0.3) is 0 Å². The fourth-order valence-corrected chi connectivity index (χ4v) is 3.97. The molecular weight excluding hydrogens is 360 g/mol. The maximum Gasteiger partial charge on any atom is 0.249 e. The number of para-hydroxylation sites is 1. The predicted molar refractivity (Wildman–Crippen MR) is 103 cm³/mol. The maximum atomic E-state index is 13.1. The van der Waals surface area contributed by atoms with E-state index in [1.54, 1.807) is 23.8 Å². The van der Waals surface area contributed by atoms with Crippen LogP contribution < -0.4 is 10.8 Å². The molecule has 1 aliphatic carbocycles. The van der Waals surface area contributed by atoms with E-state index in [1.807, 2.05) is 18.2 Å². The van der Waals surface area contributed by atoms with E-state index in [2.05, 4.69) is 10.4 Å². The van der Waals surface area contributed by atoms with Crippen LogP contribution in [0.15, 0.2) is 35.4 Å². The maximum absolute atomic E-state index is 13.1. The zero-order valence-electron chi connectivity index (χ0n) is 15.7. The Labute approximate surface area is 163 Å². The van der Waals surface area contributed by atoms with E-state index < -0.39 is 17.9 Å². The molecule has 1 fully saturated rings. The molecule has 1 unspecified atom stereocenters. The molecule has 0 spiro atoms. The van der Waals surface area contributed by atoms with Crippen molar-refractivity contribution in [1.29, 1.82) is 0 Å². The molecule has 3 rings (SSSR count). The van der Waals surface area contributed by atoms with E-state index in [0.29, 0.717) is 24.4 Å². The number of amides is 3. The Balaban J connectivity index is 1.69. The summed E-state index contributed by atoms with van der Waals surface area (Å²) >= 11 is 0. The molecule has 3 amide bonds. The third kappa shape index (κ3) is 4.95. The lowest BCUT2D eigenvalue weighted by Gasteiger charge is -2.26. The topological polar surface area (TPSA) is 111 Å². The second-order valence-corrected chi connectivity index (χ2v) is 7.41. The minimum atomic E-state index is -0.740. The Hall–Kier alpha value is -2.74. The number of hydrogen-bond donors (Lipinski definition) is 3. The smallest absolute Gasteiger partial charge is 0.249 e. The molecule has 1 heterocycles. The first-order valence-electron chi connectivity index (χ1n) is 9.73. The van der Waals surface area contributed by atoms with Crippen molar-refractivity contribution in [2.45, 2.75) is 51.0 Å². The van der Waals surface area contributed by atoms with Gasteiger partial charge in [-0.1, -0.05) is 43.9 Å². The number of rotatable bonds is 7. The van der Waals surface area contributed by atoms with Gasteiger partial charge in [-0.2, -0.15) is 5.10 Å². The number of nitrogens with one attached hydrogen (secondary N) is 2. The summed E-state index contributed by atoms with van der Waals surface area (Å²) < 4.78 is 0. The quantitative estimate of drug-likeness (QED) is 0.493. The first-order valence-corrected chi connectivity index (χ1v) is 9.73. The first-order chi connectivity index (χ1) is 13.6. The summed E-state index contributed by atoms with van der Waals surface area (Å²) in [6.45, 7) is 0. The van der Waals surface area contributed by atoms with E-state index in [9.17, 15) is 14.4 Å². The Morgan fingerprint density at radius 1 is 1.18 bits per heavy atom. The average Bonchev–Trinajstić information content (AvgIpc) is 3.39. The van der Waals surface area contributed by atoms with Gasteiger partial charge in [-0.05, 0) is 24.5 Å². The van der Waals surface area contributed by atoms with E-state index in [-0.39, 0.29) is 18.2 Å². The number of carbonyl (C=O) groups excluding carboxylic acids is 3. The zero-order valence-corrected chi connectivity index (χ0v) is 15.7. The average molecular weight is 386 g/mol. The van der Waals surface area contributed by atoms with E-state index in [0.717, 1.165) is 25.7 Å². The van der Waals surface area contributed by atoms with Crippen molar-refractivity contribution in [3.8, 4) is 0 Å². The van der Waals surface area contributed by atoms with Crippen LogP contribution in [-0.4, -0.2) is 40.2 Å². The molecular formula is C20H26N4O4. The second kappa shape index (κ2) is 9.45. The van der Waals surface area contributed by atoms with E-state index in [4.69, 9.17) is 5.21 Å². The van der Waals surface area contributed by atoms with Crippen LogP contribution in [0.25, 0.3) is 0 Å². The van der Waals surface area contributed by atoms with Gasteiger partial charge in [-0.3, -0.25) is 19.6 Å². The van der Waals surface area contributed by atoms with Gasteiger partial charge in [0.15, 0.2) is 0 Å². The zero-order chi connectivity index (χ0) is 19.9. The predicted octanol–water partition coefficient (Wildman–Crippen LogP) is 2.30. The lowest BCUT2D eigenvalue weighted by molar-refractivity contribution is -0.144. The third-order valence-electron chi connectivity index (χ3n) is 5.40. The van der Waals surface area contributed by atoms with Crippen LogP contribution in [-0.2, 0) is 14.4 Å². The minimum Gasteiger partial charge on any atom is -0.324 e. The van der Waals surface area contributed by atoms with Gasteiger partial charge in [-0.25, -0.2) is 10.5 Å². The standard InChI is InChI=1S/C20H26N4O4/c25-18(23-28)13-15(12-14-6-4-5-7-14)20(27)24-17(10-11-21-24)19(26)22-16-8-2-1-3-9-16/h1-3,8-9,11,14-15,17,28H,4-7,10,12-13H2,(H,22,26)(H,23,25)/t15?,17-/m0/s1. The highest BCUT2D eigenvalue weighted by Gasteiger charge is 2.38. The van der Waals surface area contributed by atoms with Gasteiger partial charge in [0.05, 0.1) is 0 Å². The SMILES string of the molecule is O=C(CC(CC1CCCC1)C(=O)N1N=CC[C@H]1C(=O)Nc1ccccc1)NO.